The molecule has 5 nitrogen and oxygen atoms in total. The van der Waals surface area contributed by atoms with E-state index in [-0.39, 0.29) is 18.5 Å². The summed E-state index contributed by atoms with van der Waals surface area (Å²) in [5, 5.41) is 18.8. The Bertz CT molecular complexity index is 705. The quantitative estimate of drug-likeness (QED) is 0.487. The summed E-state index contributed by atoms with van der Waals surface area (Å²) in [6.45, 7) is 7.05. The molecule has 0 aliphatic carbocycles. The van der Waals surface area contributed by atoms with Gasteiger partial charge in [-0.15, -0.1) is 11.3 Å². The van der Waals surface area contributed by atoms with Crippen LogP contribution < -0.4 is 15.4 Å². The number of ether oxygens (including phenoxy) is 1. The predicted octanol–water partition coefficient (Wildman–Crippen LogP) is 3.12. The fourth-order valence-electron chi connectivity index (χ4n) is 2.29. The van der Waals surface area contributed by atoms with Crippen LogP contribution in [0.4, 0.5) is 4.39 Å². The van der Waals surface area contributed by atoms with Crippen molar-refractivity contribution in [2.24, 2.45) is 4.99 Å². The number of guanidine groups is 1. The van der Waals surface area contributed by atoms with E-state index in [1.54, 1.807) is 19.1 Å². The first-order valence-electron chi connectivity index (χ1n) is 8.61. The van der Waals surface area contributed by atoms with Crippen molar-refractivity contribution in [3.63, 3.8) is 0 Å². The van der Waals surface area contributed by atoms with Gasteiger partial charge in [-0.2, -0.15) is 0 Å². The molecular weight excluding hydrogens is 353 g/mol. The summed E-state index contributed by atoms with van der Waals surface area (Å²) in [4.78, 5) is 5.34. The van der Waals surface area contributed by atoms with Crippen LogP contribution in [0, 0.1) is 5.82 Å². The van der Waals surface area contributed by atoms with Crippen LogP contribution in [-0.4, -0.2) is 36.8 Å². The number of nitrogens with zero attached hydrogens (tertiary/aromatic N) is 1. The Morgan fingerprint density at radius 1 is 1.35 bits per heavy atom. The lowest BCUT2D eigenvalue weighted by Crippen LogP contribution is -2.42. The van der Waals surface area contributed by atoms with Crippen LogP contribution in [0.25, 0.3) is 0 Å². The van der Waals surface area contributed by atoms with Crippen molar-refractivity contribution in [1.29, 1.82) is 0 Å². The first-order valence-corrected chi connectivity index (χ1v) is 9.49. The molecule has 0 spiro atoms. The average molecular weight is 380 g/mol. The monoisotopic (exact) mass is 379 g/mol. The maximum atomic E-state index is 13.2. The number of benzene rings is 1. The average Bonchev–Trinajstić information content (AvgIpc) is 3.13. The van der Waals surface area contributed by atoms with Crippen LogP contribution in [0.3, 0.4) is 0 Å². The van der Waals surface area contributed by atoms with E-state index in [0.717, 1.165) is 4.88 Å². The third kappa shape index (κ3) is 6.31. The standard InChI is InChI=1S/C19H26FN3O2S/c1-4-21-18(23-13-19(3,24)17-9-6-10-26-17)22-12-14(2)25-16-8-5-7-15(20)11-16/h5-11,14,24H,4,12-13H2,1-3H3,(H2,21,22,23). The van der Waals surface area contributed by atoms with E-state index in [9.17, 15) is 9.50 Å². The van der Waals surface area contributed by atoms with E-state index in [4.69, 9.17) is 4.74 Å². The van der Waals surface area contributed by atoms with Crippen LogP contribution in [0.2, 0.25) is 0 Å². The van der Waals surface area contributed by atoms with Crippen molar-refractivity contribution in [2.45, 2.75) is 32.5 Å². The first-order chi connectivity index (χ1) is 12.4. The number of hydrogen-bond acceptors (Lipinski definition) is 4. The molecule has 2 rings (SSSR count). The summed E-state index contributed by atoms with van der Waals surface area (Å²) >= 11 is 1.50. The minimum absolute atomic E-state index is 0.182. The Balaban J connectivity index is 1.90. The van der Waals surface area contributed by atoms with Gasteiger partial charge in [-0.25, -0.2) is 9.38 Å². The molecule has 2 atom stereocenters. The Kier molecular flexibility index (Phi) is 7.41. The van der Waals surface area contributed by atoms with E-state index in [0.29, 0.717) is 24.8 Å². The van der Waals surface area contributed by atoms with Gasteiger partial charge < -0.3 is 20.5 Å². The molecule has 7 heteroatoms. The van der Waals surface area contributed by atoms with Gasteiger partial charge in [-0.3, -0.25) is 0 Å². The lowest BCUT2D eigenvalue weighted by molar-refractivity contribution is 0.0711. The zero-order valence-electron chi connectivity index (χ0n) is 15.3. The lowest BCUT2D eigenvalue weighted by atomic mass is 10.1. The zero-order chi connectivity index (χ0) is 19.0. The molecule has 0 aliphatic rings. The molecule has 3 N–H and O–H groups in total. The molecule has 1 aromatic carbocycles. The molecule has 2 unspecified atom stereocenters. The zero-order valence-corrected chi connectivity index (χ0v) is 16.1. The smallest absolute Gasteiger partial charge is 0.191 e. The topological polar surface area (TPSA) is 65.9 Å². The van der Waals surface area contributed by atoms with Crippen molar-refractivity contribution in [1.82, 2.24) is 10.6 Å². The number of hydrogen-bond donors (Lipinski definition) is 3. The van der Waals surface area contributed by atoms with Gasteiger partial charge in [0.1, 0.15) is 23.3 Å². The summed E-state index contributed by atoms with van der Waals surface area (Å²) in [7, 11) is 0. The molecule has 0 amide bonds. The summed E-state index contributed by atoms with van der Waals surface area (Å²) < 4.78 is 18.9. The van der Waals surface area contributed by atoms with Gasteiger partial charge in [0.25, 0.3) is 0 Å². The molecule has 0 radical (unpaired) electrons. The second-order valence-electron chi connectivity index (χ2n) is 6.21. The molecule has 2 aromatic rings. The Morgan fingerprint density at radius 3 is 2.81 bits per heavy atom. The van der Waals surface area contributed by atoms with Gasteiger partial charge in [0.15, 0.2) is 5.96 Å². The highest BCUT2D eigenvalue weighted by Gasteiger charge is 2.24. The predicted molar refractivity (Wildman–Crippen MR) is 104 cm³/mol. The van der Waals surface area contributed by atoms with E-state index in [2.05, 4.69) is 15.6 Å². The van der Waals surface area contributed by atoms with Gasteiger partial charge in [-0.05, 0) is 44.4 Å². The summed E-state index contributed by atoms with van der Waals surface area (Å²) in [5.41, 5.74) is -1.01. The van der Waals surface area contributed by atoms with Crippen molar-refractivity contribution in [2.75, 3.05) is 19.6 Å². The SMILES string of the molecule is CCNC(=NCC(C)(O)c1cccs1)NCC(C)Oc1cccc(F)c1. The minimum Gasteiger partial charge on any atom is -0.489 e. The third-order valence-corrected chi connectivity index (χ3v) is 4.75. The normalized spacial score (nSPS) is 15.2. The highest BCUT2D eigenvalue weighted by atomic mass is 32.1. The molecule has 0 fully saturated rings. The number of thiophene rings is 1. The number of aliphatic hydroxyl groups is 1. The minimum atomic E-state index is -1.01. The number of rotatable bonds is 8. The molecule has 0 saturated heterocycles. The van der Waals surface area contributed by atoms with Crippen molar-refractivity contribution >= 4 is 17.3 Å². The Labute approximate surface area is 157 Å². The molecule has 0 aliphatic heterocycles. The third-order valence-electron chi connectivity index (χ3n) is 3.63. The van der Waals surface area contributed by atoms with Crippen LogP contribution in [0.1, 0.15) is 25.6 Å². The second-order valence-corrected chi connectivity index (χ2v) is 7.16. The highest BCUT2D eigenvalue weighted by molar-refractivity contribution is 7.10. The molecule has 142 valence electrons. The first kappa shape index (κ1) is 20.2. The fourth-order valence-corrected chi connectivity index (χ4v) is 3.07. The molecule has 0 bridgehead atoms. The van der Waals surface area contributed by atoms with Crippen LogP contribution in [0.15, 0.2) is 46.8 Å². The van der Waals surface area contributed by atoms with Crippen molar-refractivity contribution < 1.29 is 14.2 Å². The number of aliphatic imine (C=N–C) groups is 1. The number of nitrogens with one attached hydrogen (secondary N) is 2. The van der Waals surface area contributed by atoms with Gasteiger partial charge in [0.2, 0.25) is 0 Å². The second kappa shape index (κ2) is 9.54. The Morgan fingerprint density at radius 2 is 2.15 bits per heavy atom. The number of halogens is 1. The van der Waals surface area contributed by atoms with Gasteiger partial charge in [-0.1, -0.05) is 12.1 Å². The molecular formula is C19H26FN3O2S. The maximum Gasteiger partial charge on any atom is 0.191 e. The van der Waals surface area contributed by atoms with Crippen LogP contribution >= 0.6 is 11.3 Å². The highest BCUT2D eigenvalue weighted by Crippen LogP contribution is 2.25. The summed E-state index contributed by atoms with van der Waals surface area (Å²) in [6.07, 6.45) is -0.182. The van der Waals surface area contributed by atoms with E-state index in [1.807, 2.05) is 31.4 Å². The van der Waals surface area contributed by atoms with Crippen LogP contribution in [0.5, 0.6) is 5.75 Å². The fraction of sp³-hybridized carbons (Fsp3) is 0.421. The van der Waals surface area contributed by atoms with Gasteiger partial charge >= 0.3 is 0 Å². The van der Waals surface area contributed by atoms with Gasteiger partial charge in [0.05, 0.1) is 13.1 Å². The lowest BCUT2D eigenvalue weighted by Gasteiger charge is -2.21. The maximum absolute atomic E-state index is 13.2. The van der Waals surface area contributed by atoms with Crippen molar-refractivity contribution in [3.8, 4) is 5.75 Å². The van der Waals surface area contributed by atoms with Crippen molar-refractivity contribution in [3.05, 3.63) is 52.5 Å². The van der Waals surface area contributed by atoms with E-state index >= 15 is 0 Å². The van der Waals surface area contributed by atoms with E-state index in [1.165, 1.54) is 23.5 Å². The molecule has 1 heterocycles. The summed E-state index contributed by atoms with van der Waals surface area (Å²) in [5.74, 6) is 0.759. The van der Waals surface area contributed by atoms with E-state index < -0.39 is 5.60 Å². The largest absolute Gasteiger partial charge is 0.489 e. The Hall–Kier alpha value is -2.12. The molecule has 26 heavy (non-hydrogen) atoms. The molecule has 1 aromatic heterocycles. The summed E-state index contributed by atoms with van der Waals surface area (Å²) in [6, 6.07) is 9.88. The molecule has 0 saturated carbocycles. The van der Waals surface area contributed by atoms with Crippen LogP contribution in [-0.2, 0) is 5.60 Å². The van der Waals surface area contributed by atoms with Gasteiger partial charge in [0, 0.05) is 17.5 Å².